The van der Waals surface area contributed by atoms with Gasteiger partial charge in [0.2, 0.25) is 5.89 Å². The number of benzene rings is 4. The van der Waals surface area contributed by atoms with Crippen LogP contribution in [-0.2, 0) is 6.61 Å². The summed E-state index contributed by atoms with van der Waals surface area (Å²) in [5, 5.41) is 13.4. The molecule has 1 aromatic heterocycles. The molecule has 0 unspecified atom stereocenters. The second-order valence-corrected chi connectivity index (χ2v) is 8.41. The molecule has 2 N–H and O–H groups in total. The average Bonchev–Trinajstić information content (AvgIpc) is 3.26. The maximum absolute atomic E-state index is 12.8. The molecule has 0 aliphatic carbocycles. The highest BCUT2D eigenvalue weighted by Crippen LogP contribution is 2.34. The molecular formula is C29H24N2O4. The fraction of sp³-hybridized carbons (Fsp3) is 0.103. The van der Waals surface area contributed by atoms with Crippen molar-refractivity contribution in [3.8, 4) is 23.0 Å². The number of phenolic OH excluding ortho intramolecular Hbond substituents is 1. The number of amides is 1. The maximum atomic E-state index is 12.8. The van der Waals surface area contributed by atoms with E-state index in [9.17, 15) is 9.90 Å². The van der Waals surface area contributed by atoms with Crippen LogP contribution in [0.4, 0.5) is 5.69 Å². The number of carbonyl (C=O) groups is 1. The van der Waals surface area contributed by atoms with Crippen molar-refractivity contribution in [2.45, 2.75) is 20.5 Å². The van der Waals surface area contributed by atoms with Crippen molar-refractivity contribution in [2.24, 2.45) is 0 Å². The summed E-state index contributed by atoms with van der Waals surface area (Å²) in [6.07, 6.45) is 0. The van der Waals surface area contributed by atoms with E-state index >= 15 is 0 Å². The Bertz CT molecular complexity index is 1480. The van der Waals surface area contributed by atoms with Gasteiger partial charge >= 0.3 is 0 Å². The molecule has 0 saturated carbocycles. The van der Waals surface area contributed by atoms with Gasteiger partial charge in [0.05, 0.1) is 5.56 Å². The molecule has 4 aromatic carbocycles. The number of hydrogen-bond donors (Lipinski definition) is 2. The number of carbonyl (C=O) groups excluding carboxylic acids is 1. The van der Waals surface area contributed by atoms with Crippen molar-refractivity contribution in [1.82, 2.24) is 4.98 Å². The molecule has 0 aliphatic rings. The van der Waals surface area contributed by atoms with Gasteiger partial charge in [-0.25, -0.2) is 4.98 Å². The number of ether oxygens (including phenoxy) is 1. The first-order chi connectivity index (χ1) is 17.0. The maximum Gasteiger partial charge on any atom is 0.255 e. The number of hydrogen-bond acceptors (Lipinski definition) is 5. The molecule has 1 heterocycles. The SMILES string of the molecule is Cc1cc2nc(-c3ccc(NC(=O)c4cccc(OCc5ccccc5)c4)cc3O)oc2cc1C. The van der Waals surface area contributed by atoms with E-state index in [1.807, 2.05) is 62.4 Å². The minimum Gasteiger partial charge on any atom is -0.507 e. The van der Waals surface area contributed by atoms with Crippen molar-refractivity contribution in [1.29, 1.82) is 0 Å². The number of nitrogens with one attached hydrogen (secondary N) is 1. The largest absolute Gasteiger partial charge is 0.507 e. The summed E-state index contributed by atoms with van der Waals surface area (Å²) < 4.78 is 11.7. The molecular weight excluding hydrogens is 440 g/mol. The van der Waals surface area contributed by atoms with E-state index in [1.165, 1.54) is 6.07 Å². The van der Waals surface area contributed by atoms with Gasteiger partial charge in [-0.3, -0.25) is 4.79 Å². The number of aryl methyl sites for hydroxylation is 2. The Morgan fingerprint density at radius 3 is 2.54 bits per heavy atom. The smallest absolute Gasteiger partial charge is 0.255 e. The van der Waals surface area contributed by atoms with Gasteiger partial charge in [0.1, 0.15) is 23.6 Å². The Balaban J connectivity index is 1.30. The summed E-state index contributed by atoms with van der Waals surface area (Å²) in [7, 11) is 0. The molecule has 6 heteroatoms. The summed E-state index contributed by atoms with van der Waals surface area (Å²) in [4.78, 5) is 17.3. The summed E-state index contributed by atoms with van der Waals surface area (Å²) >= 11 is 0. The summed E-state index contributed by atoms with van der Waals surface area (Å²) in [5.41, 5.74) is 6.01. The molecule has 0 fully saturated rings. The highest BCUT2D eigenvalue weighted by Gasteiger charge is 2.15. The van der Waals surface area contributed by atoms with Gasteiger partial charge < -0.3 is 19.6 Å². The Kier molecular flexibility index (Phi) is 5.94. The van der Waals surface area contributed by atoms with Crippen LogP contribution in [0.5, 0.6) is 11.5 Å². The molecule has 174 valence electrons. The zero-order chi connectivity index (χ0) is 24.4. The van der Waals surface area contributed by atoms with Crippen LogP contribution in [-0.4, -0.2) is 16.0 Å². The molecule has 1 amide bonds. The van der Waals surface area contributed by atoms with Gasteiger partial charge in [0, 0.05) is 17.3 Å². The molecule has 0 spiro atoms. The molecule has 35 heavy (non-hydrogen) atoms. The topological polar surface area (TPSA) is 84.6 Å². The van der Waals surface area contributed by atoms with Crippen molar-refractivity contribution in [2.75, 3.05) is 5.32 Å². The molecule has 0 aliphatic heterocycles. The van der Waals surface area contributed by atoms with Crippen LogP contribution in [0.2, 0.25) is 0 Å². The first kappa shape index (κ1) is 22.2. The Labute approximate surface area is 202 Å². The molecule has 0 atom stereocenters. The molecule has 5 aromatic rings. The monoisotopic (exact) mass is 464 g/mol. The molecule has 5 rings (SSSR count). The number of phenols is 1. The summed E-state index contributed by atoms with van der Waals surface area (Å²) in [6, 6.07) is 25.6. The predicted molar refractivity (Wildman–Crippen MR) is 136 cm³/mol. The second-order valence-electron chi connectivity index (χ2n) is 8.41. The van der Waals surface area contributed by atoms with Crippen molar-refractivity contribution < 1.29 is 19.1 Å². The van der Waals surface area contributed by atoms with Crippen LogP contribution >= 0.6 is 0 Å². The third-order valence-corrected chi connectivity index (χ3v) is 5.83. The van der Waals surface area contributed by atoms with E-state index < -0.39 is 0 Å². The molecule has 0 radical (unpaired) electrons. The number of aromatic hydroxyl groups is 1. The Hall–Kier alpha value is -4.58. The molecule has 0 saturated heterocycles. The lowest BCUT2D eigenvalue weighted by Gasteiger charge is -2.10. The van der Waals surface area contributed by atoms with Crippen LogP contribution in [0.3, 0.4) is 0 Å². The zero-order valence-electron chi connectivity index (χ0n) is 19.4. The van der Waals surface area contributed by atoms with Gasteiger partial charge in [-0.2, -0.15) is 0 Å². The van der Waals surface area contributed by atoms with E-state index in [-0.39, 0.29) is 11.7 Å². The van der Waals surface area contributed by atoms with Gasteiger partial charge in [0.25, 0.3) is 5.91 Å². The minimum absolute atomic E-state index is 0.0391. The van der Waals surface area contributed by atoms with Crippen LogP contribution in [0.1, 0.15) is 27.0 Å². The van der Waals surface area contributed by atoms with E-state index in [0.717, 1.165) is 22.2 Å². The lowest BCUT2D eigenvalue weighted by molar-refractivity contribution is 0.102. The molecule has 0 bridgehead atoms. The van der Waals surface area contributed by atoms with Crippen LogP contribution < -0.4 is 10.1 Å². The predicted octanol–water partition coefficient (Wildman–Crippen LogP) is 6.65. The van der Waals surface area contributed by atoms with E-state index in [2.05, 4.69) is 10.3 Å². The number of nitrogens with zero attached hydrogens (tertiary/aromatic N) is 1. The summed E-state index contributed by atoms with van der Waals surface area (Å²) in [5.74, 6) is 0.572. The Morgan fingerprint density at radius 1 is 0.943 bits per heavy atom. The third kappa shape index (κ3) is 4.87. The number of fused-ring (bicyclic) bond motifs is 1. The lowest BCUT2D eigenvalue weighted by Crippen LogP contribution is -2.12. The fourth-order valence-corrected chi connectivity index (χ4v) is 3.76. The fourth-order valence-electron chi connectivity index (χ4n) is 3.76. The van der Waals surface area contributed by atoms with Gasteiger partial charge in [-0.1, -0.05) is 36.4 Å². The van der Waals surface area contributed by atoms with E-state index in [4.69, 9.17) is 9.15 Å². The number of rotatable bonds is 6. The quantitative estimate of drug-likeness (QED) is 0.294. The minimum atomic E-state index is -0.310. The lowest BCUT2D eigenvalue weighted by atomic mass is 10.1. The Morgan fingerprint density at radius 2 is 1.74 bits per heavy atom. The van der Waals surface area contributed by atoms with Crippen molar-refractivity contribution in [3.05, 3.63) is 107 Å². The van der Waals surface area contributed by atoms with Gasteiger partial charge in [0.15, 0.2) is 5.58 Å². The summed E-state index contributed by atoms with van der Waals surface area (Å²) in [6.45, 7) is 4.44. The number of anilines is 1. The standard InChI is InChI=1S/C29H24N2O4/c1-18-13-25-27(14-19(18)2)35-29(31-25)24-12-11-22(16-26(24)32)30-28(33)21-9-6-10-23(15-21)34-17-20-7-4-3-5-8-20/h3-16,32H,17H2,1-2H3,(H,30,33). The number of aromatic nitrogens is 1. The highest BCUT2D eigenvalue weighted by atomic mass is 16.5. The van der Waals surface area contributed by atoms with Gasteiger partial charge in [-0.05, 0) is 73.0 Å². The highest BCUT2D eigenvalue weighted by molar-refractivity contribution is 6.04. The van der Waals surface area contributed by atoms with Crippen LogP contribution in [0, 0.1) is 13.8 Å². The van der Waals surface area contributed by atoms with Crippen molar-refractivity contribution >= 4 is 22.7 Å². The number of oxazole rings is 1. The normalized spacial score (nSPS) is 10.9. The first-order valence-corrected chi connectivity index (χ1v) is 11.3. The zero-order valence-corrected chi connectivity index (χ0v) is 19.4. The van der Waals surface area contributed by atoms with E-state index in [1.54, 1.807) is 30.3 Å². The van der Waals surface area contributed by atoms with Crippen LogP contribution in [0.15, 0.2) is 89.3 Å². The van der Waals surface area contributed by atoms with Gasteiger partial charge in [-0.15, -0.1) is 0 Å². The average molecular weight is 465 g/mol. The second kappa shape index (κ2) is 9.35. The third-order valence-electron chi connectivity index (χ3n) is 5.83. The molecule has 6 nitrogen and oxygen atoms in total. The van der Waals surface area contributed by atoms with E-state index in [0.29, 0.717) is 40.6 Å². The van der Waals surface area contributed by atoms with Crippen molar-refractivity contribution in [3.63, 3.8) is 0 Å². The first-order valence-electron chi connectivity index (χ1n) is 11.3. The van der Waals surface area contributed by atoms with Crippen LogP contribution in [0.25, 0.3) is 22.6 Å².